The predicted molar refractivity (Wildman–Crippen MR) is 45.4 cm³/mol. The van der Waals surface area contributed by atoms with Crippen LogP contribution in [0.3, 0.4) is 0 Å². The SMILES string of the molecule is N#CC(C(N)CN)C(C#N)(C#N)C#N. The summed E-state index contributed by atoms with van der Waals surface area (Å²) in [5.41, 5.74) is 8.61. The molecule has 0 aliphatic heterocycles. The van der Waals surface area contributed by atoms with Crippen LogP contribution < -0.4 is 11.5 Å². The van der Waals surface area contributed by atoms with E-state index in [0.29, 0.717) is 0 Å². The van der Waals surface area contributed by atoms with E-state index in [-0.39, 0.29) is 6.54 Å². The van der Waals surface area contributed by atoms with E-state index in [2.05, 4.69) is 0 Å². The smallest absolute Gasteiger partial charge is 0.245 e. The van der Waals surface area contributed by atoms with Gasteiger partial charge in [0.1, 0.15) is 24.1 Å². The Morgan fingerprint density at radius 3 is 1.71 bits per heavy atom. The highest BCUT2D eigenvalue weighted by Crippen LogP contribution is 2.26. The van der Waals surface area contributed by atoms with Crippen molar-refractivity contribution in [2.24, 2.45) is 22.8 Å². The zero-order chi connectivity index (χ0) is 11.2. The standard InChI is InChI=1S/C8H8N6/c9-1-6(7(14)2-10)8(3-11,4-12)5-13/h6-7H,2,10,14H2. The molecular formula is C8H8N6. The van der Waals surface area contributed by atoms with E-state index >= 15 is 0 Å². The fraction of sp³-hybridized carbons (Fsp3) is 0.500. The molecule has 0 amide bonds. The highest BCUT2D eigenvalue weighted by molar-refractivity contribution is 5.32. The molecule has 0 saturated heterocycles. The maximum absolute atomic E-state index is 8.72. The number of hydrogen-bond acceptors (Lipinski definition) is 6. The summed E-state index contributed by atoms with van der Waals surface area (Å²) in [4.78, 5) is 0. The second-order valence-corrected chi connectivity index (χ2v) is 2.65. The Labute approximate surface area is 81.5 Å². The lowest BCUT2D eigenvalue weighted by molar-refractivity contribution is 0.406. The van der Waals surface area contributed by atoms with Gasteiger partial charge in [-0.2, -0.15) is 21.0 Å². The molecule has 2 unspecified atom stereocenters. The topological polar surface area (TPSA) is 147 Å². The van der Waals surface area contributed by atoms with Gasteiger partial charge in [0.2, 0.25) is 5.41 Å². The molecule has 0 aromatic carbocycles. The van der Waals surface area contributed by atoms with Gasteiger partial charge in [0, 0.05) is 12.6 Å². The average Bonchev–Trinajstić information content (AvgIpc) is 2.25. The quantitative estimate of drug-likeness (QED) is 0.578. The summed E-state index contributed by atoms with van der Waals surface area (Å²) in [6.07, 6.45) is 0. The van der Waals surface area contributed by atoms with Crippen LogP contribution in [0.1, 0.15) is 0 Å². The molecule has 6 nitrogen and oxygen atoms in total. The third kappa shape index (κ3) is 1.79. The minimum atomic E-state index is -2.03. The molecule has 0 heterocycles. The van der Waals surface area contributed by atoms with Crippen LogP contribution in [0, 0.1) is 56.7 Å². The lowest BCUT2D eigenvalue weighted by Gasteiger charge is -2.21. The van der Waals surface area contributed by atoms with Crippen molar-refractivity contribution in [3.63, 3.8) is 0 Å². The Morgan fingerprint density at radius 2 is 1.50 bits per heavy atom. The molecule has 14 heavy (non-hydrogen) atoms. The highest BCUT2D eigenvalue weighted by atomic mass is 14.7. The van der Waals surface area contributed by atoms with Crippen molar-refractivity contribution in [3.8, 4) is 24.3 Å². The van der Waals surface area contributed by atoms with E-state index in [0.717, 1.165) is 0 Å². The first-order valence-corrected chi connectivity index (χ1v) is 3.70. The van der Waals surface area contributed by atoms with Gasteiger partial charge < -0.3 is 11.5 Å². The van der Waals surface area contributed by atoms with Crippen LogP contribution in [0.4, 0.5) is 0 Å². The molecule has 0 aliphatic carbocycles. The normalized spacial score (nSPS) is 13.9. The van der Waals surface area contributed by atoms with Gasteiger partial charge in [-0.25, -0.2) is 0 Å². The lowest BCUT2D eigenvalue weighted by Crippen LogP contribution is -2.44. The molecule has 0 aromatic heterocycles. The number of nitriles is 4. The molecule has 0 saturated carbocycles. The van der Waals surface area contributed by atoms with Gasteiger partial charge in [-0.1, -0.05) is 0 Å². The molecule has 6 heteroatoms. The zero-order valence-electron chi connectivity index (χ0n) is 7.31. The first kappa shape index (κ1) is 11.9. The van der Waals surface area contributed by atoms with E-state index in [1.807, 2.05) is 0 Å². The molecule has 0 rings (SSSR count). The van der Waals surface area contributed by atoms with E-state index in [1.54, 1.807) is 6.07 Å². The zero-order valence-corrected chi connectivity index (χ0v) is 7.31. The molecule has 2 atom stereocenters. The summed E-state index contributed by atoms with van der Waals surface area (Å²) in [7, 11) is 0. The van der Waals surface area contributed by atoms with Crippen molar-refractivity contribution >= 4 is 0 Å². The third-order valence-electron chi connectivity index (χ3n) is 1.83. The number of nitrogens with two attached hydrogens (primary N) is 2. The number of nitrogens with zero attached hydrogens (tertiary/aromatic N) is 4. The number of hydrogen-bond donors (Lipinski definition) is 2. The first-order chi connectivity index (χ1) is 6.61. The largest absolute Gasteiger partial charge is 0.329 e. The van der Waals surface area contributed by atoms with Gasteiger partial charge in [0.05, 0.1) is 6.07 Å². The van der Waals surface area contributed by atoms with Crippen LogP contribution in [0.5, 0.6) is 0 Å². The van der Waals surface area contributed by atoms with Crippen molar-refractivity contribution in [3.05, 3.63) is 0 Å². The second kappa shape index (κ2) is 4.80. The summed E-state index contributed by atoms with van der Waals surface area (Å²) in [6, 6.07) is 5.31. The van der Waals surface area contributed by atoms with Crippen LogP contribution in [0.25, 0.3) is 0 Å². The third-order valence-corrected chi connectivity index (χ3v) is 1.83. The Bertz CT molecular complexity index is 323. The fourth-order valence-electron chi connectivity index (χ4n) is 0.933. The first-order valence-electron chi connectivity index (χ1n) is 3.70. The molecule has 0 aromatic rings. The monoisotopic (exact) mass is 188 g/mol. The van der Waals surface area contributed by atoms with Gasteiger partial charge in [-0.15, -0.1) is 0 Å². The van der Waals surface area contributed by atoms with Crippen LogP contribution in [-0.2, 0) is 0 Å². The second-order valence-electron chi connectivity index (χ2n) is 2.65. The van der Waals surface area contributed by atoms with Gasteiger partial charge in [-0.3, -0.25) is 0 Å². The molecule has 70 valence electrons. The molecule has 0 aliphatic rings. The molecule has 0 fully saturated rings. The maximum atomic E-state index is 8.72. The predicted octanol–water partition coefficient (Wildman–Crippen LogP) is -1.03. The molecule has 4 N–H and O–H groups in total. The number of rotatable bonds is 3. The molecular weight excluding hydrogens is 180 g/mol. The van der Waals surface area contributed by atoms with Gasteiger partial charge in [-0.05, 0) is 0 Å². The van der Waals surface area contributed by atoms with Gasteiger partial charge in [0.15, 0.2) is 0 Å². The molecule has 0 radical (unpaired) electrons. The van der Waals surface area contributed by atoms with Crippen molar-refractivity contribution in [2.75, 3.05) is 6.54 Å². The van der Waals surface area contributed by atoms with Crippen LogP contribution in [0.2, 0.25) is 0 Å². The van der Waals surface area contributed by atoms with E-state index in [9.17, 15) is 0 Å². The summed E-state index contributed by atoms with van der Waals surface area (Å²) < 4.78 is 0. The minimum Gasteiger partial charge on any atom is -0.329 e. The van der Waals surface area contributed by atoms with Crippen molar-refractivity contribution < 1.29 is 0 Å². The lowest BCUT2D eigenvalue weighted by atomic mass is 9.76. The fourth-order valence-corrected chi connectivity index (χ4v) is 0.933. The van der Waals surface area contributed by atoms with Crippen LogP contribution in [0.15, 0.2) is 0 Å². The van der Waals surface area contributed by atoms with Crippen molar-refractivity contribution in [1.29, 1.82) is 21.0 Å². The average molecular weight is 188 g/mol. The highest BCUT2D eigenvalue weighted by Gasteiger charge is 2.43. The van der Waals surface area contributed by atoms with Gasteiger partial charge >= 0.3 is 0 Å². The Hall–Kier alpha value is -2.12. The van der Waals surface area contributed by atoms with E-state index in [1.165, 1.54) is 18.2 Å². The van der Waals surface area contributed by atoms with E-state index < -0.39 is 17.4 Å². The Morgan fingerprint density at radius 1 is 1.07 bits per heavy atom. The summed E-state index contributed by atoms with van der Waals surface area (Å²) in [5, 5.41) is 34.8. The Kier molecular flexibility index (Phi) is 4.07. The summed E-state index contributed by atoms with van der Waals surface area (Å²) in [6.45, 7) is -0.0645. The summed E-state index contributed by atoms with van der Waals surface area (Å²) >= 11 is 0. The Balaban J connectivity index is 5.26. The van der Waals surface area contributed by atoms with Crippen molar-refractivity contribution in [2.45, 2.75) is 6.04 Å². The molecule has 0 spiro atoms. The molecule has 0 bridgehead atoms. The van der Waals surface area contributed by atoms with Crippen LogP contribution >= 0.6 is 0 Å². The maximum Gasteiger partial charge on any atom is 0.245 e. The summed E-state index contributed by atoms with van der Waals surface area (Å²) in [5.74, 6) is -1.20. The van der Waals surface area contributed by atoms with Crippen LogP contribution in [-0.4, -0.2) is 12.6 Å². The van der Waals surface area contributed by atoms with Gasteiger partial charge in [0.25, 0.3) is 0 Å². The minimum absolute atomic E-state index is 0.0645. The van der Waals surface area contributed by atoms with Crippen molar-refractivity contribution in [1.82, 2.24) is 0 Å². The van der Waals surface area contributed by atoms with E-state index in [4.69, 9.17) is 32.5 Å².